The highest BCUT2D eigenvalue weighted by Crippen LogP contribution is 2.39. The van der Waals surface area contributed by atoms with Crippen molar-refractivity contribution in [3.63, 3.8) is 0 Å². The summed E-state index contributed by atoms with van der Waals surface area (Å²) in [7, 11) is 0. The number of halogens is 3. The summed E-state index contributed by atoms with van der Waals surface area (Å²) in [5.41, 5.74) is 4.35. The van der Waals surface area contributed by atoms with Gasteiger partial charge in [0.1, 0.15) is 0 Å². The quantitative estimate of drug-likeness (QED) is 0.778. The second-order valence-corrected chi connectivity index (χ2v) is 7.09. The van der Waals surface area contributed by atoms with E-state index in [1.54, 1.807) is 0 Å². The minimum absolute atomic E-state index is 0.105. The van der Waals surface area contributed by atoms with E-state index in [1.807, 2.05) is 30.5 Å². The Hall–Kier alpha value is -1.99. The van der Waals surface area contributed by atoms with Crippen molar-refractivity contribution < 1.29 is 13.2 Å². The number of nitrogens with zero attached hydrogens (tertiary/aromatic N) is 1. The number of aromatic amines is 1. The molecule has 4 rings (SSSR count). The lowest BCUT2D eigenvalue weighted by Gasteiger charge is -2.34. The zero-order valence-electron chi connectivity index (χ0n) is 14.4. The number of hydrogen-bond donors (Lipinski definition) is 3. The van der Waals surface area contributed by atoms with Crippen LogP contribution in [0.15, 0.2) is 36.5 Å². The first-order valence-electron chi connectivity index (χ1n) is 9.02. The fourth-order valence-electron chi connectivity index (χ4n) is 4.05. The summed E-state index contributed by atoms with van der Waals surface area (Å²) in [5, 5.41) is 6.64. The summed E-state index contributed by atoms with van der Waals surface area (Å²) in [4.78, 5) is 5.45. The molecule has 2 aliphatic heterocycles. The lowest BCUT2D eigenvalue weighted by Crippen LogP contribution is -2.40. The largest absolute Gasteiger partial charge is 0.391 e. The predicted molar refractivity (Wildman–Crippen MR) is 94.6 cm³/mol. The van der Waals surface area contributed by atoms with Crippen molar-refractivity contribution in [2.75, 3.05) is 18.1 Å². The fourth-order valence-corrected chi connectivity index (χ4v) is 4.05. The third-order valence-corrected chi connectivity index (χ3v) is 5.41. The predicted octanol–water partition coefficient (Wildman–Crippen LogP) is 3.69. The van der Waals surface area contributed by atoms with Crippen LogP contribution in [-0.2, 0) is 13.1 Å². The standard InChI is InChI=1S/C19H23F3N4/c20-19(21,22)14-5-7-24-16(9-14)15-4-2-1-3-13(15)11-26-12-23-10-17-18(26)6-8-25-17/h1-4,6,8,14,16,23-25H,5,7,9-12H2/t14-,16+/m0/s1. The van der Waals surface area contributed by atoms with E-state index in [1.165, 1.54) is 0 Å². The van der Waals surface area contributed by atoms with Crippen molar-refractivity contribution in [1.82, 2.24) is 15.6 Å². The van der Waals surface area contributed by atoms with E-state index in [4.69, 9.17) is 0 Å². The van der Waals surface area contributed by atoms with Gasteiger partial charge < -0.3 is 15.2 Å². The molecule has 26 heavy (non-hydrogen) atoms. The van der Waals surface area contributed by atoms with Crippen LogP contribution >= 0.6 is 0 Å². The number of benzene rings is 1. The van der Waals surface area contributed by atoms with Crippen LogP contribution in [0.2, 0.25) is 0 Å². The Labute approximate surface area is 150 Å². The van der Waals surface area contributed by atoms with Crippen LogP contribution in [0.1, 0.15) is 35.7 Å². The summed E-state index contributed by atoms with van der Waals surface area (Å²) in [6.45, 7) is 2.60. The van der Waals surface area contributed by atoms with Crippen LogP contribution in [0.3, 0.4) is 0 Å². The highest BCUT2D eigenvalue weighted by molar-refractivity contribution is 5.53. The van der Waals surface area contributed by atoms with Crippen molar-refractivity contribution in [3.8, 4) is 0 Å². The summed E-state index contributed by atoms with van der Waals surface area (Å²) in [6, 6.07) is 9.65. The first-order chi connectivity index (χ1) is 12.5. The number of anilines is 1. The van der Waals surface area contributed by atoms with E-state index in [0.29, 0.717) is 13.1 Å². The van der Waals surface area contributed by atoms with E-state index in [9.17, 15) is 13.2 Å². The Bertz CT molecular complexity index is 755. The Morgan fingerprint density at radius 3 is 2.85 bits per heavy atom. The summed E-state index contributed by atoms with van der Waals surface area (Å²) in [6.07, 6.45) is -1.93. The number of H-pyrrole nitrogens is 1. The average Bonchev–Trinajstić information content (AvgIpc) is 3.11. The van der Waals surface area contributed by atoms with Crippen LogP contribution in [-0.4, -0.2) is 24.4 Å². The number of fused-ring (bicyclic) bond motifs is 1. The number of hydrogen-bond acceptors (Lipinski definition) is 3. The molecule has 140 valence electrons. The third kappa shape index (κ3) is 3.46. The molecule has 0 spiro atoms. The van der Waals surface area contributed by atoms with Crippen molar-refractivity contribution in [2.45, 2.75) is 38.1 Å². The average molecular weight is 364 g/mol. The number of rotatable bonds is 3. The van der Waals surface area contributed by atoms with Crippen molar-refractivity contribution in [2.24, 2.45) is 5.92 Å². The monoisotopic (exact) mass is 364 g/mol. The lowest BCUT2D eigenvalue weighted by atomic mass is 9.86. The molecule has 0 radical (unpaired) electrons. The molecule has 1 fully saturated rings. The Morgan fingerprint density at radius 2 is 2.00 bits per heavy atom. The summed E-state index contributed by atoms with van der Waals surface area (Å²) in [5.74, 6) is -1.23. The summed E-state index contributed by atoms with van der Waals surface area (Å²) >= 11 is 0. The van der Waals surface area contributed by atoms with E-state index in [2.05, 4.69) is 26.6 Å². The van der Waals surface area contributed by atoms with Crippen LogP contribution in [0.4, 0.5) is 18.9 Å². The number of nitrogens with one attached hydrogen (secondary N) is 3. The van der Waals surface area contributed by atoms with Crippen LogP contribution in [0.25, 0.3) is 0 Å². The van der Waals surface area contributed by atoms with Gasteiger partial charge in [-0.15, -0.1) is 0 Å². The Kier molecular flexibility index (Phi) is 4.67. The molecule has 0 amide bonds. The van der Waals surface area contributed by atoms with Gasteiger partial charge in [-0.3, -0.25) is 5.32 Å². The second-order valence-electron chi connectivity index (χ2n) is 7.09. The van der Waals surface area contributed by atoms with Crippen molar-refractivity contribution >= 4 is 5.69 Å². The maximum atomic E-state index is 13.2. The molecule has 0 aliphatic carbocycles. The molecule has 2 aliphatic rings. The topological polar surface area (TPSA) is 43.1 Å². The maximum Gasteiger partial charge on any atom is 0.391 e. The molecule has 0 unspecified atom stereocenters. The van der Waals surface area contributed by atoms with Crippen LogP contribution in [0.5, 0.6) is 0 Å². The molecule has 7 heteroatoms. The number of aromatic nitrogens is 1. The molecule has 2 atom stereocenters. The molecule has 1 aromatic heterocycles. The molecule has 1 saturated heterocycles. The third-order valence-electron chi connectivity index (χ3n) is 5.41. The number of piperidine rings is 1. The number of alkyl halides is 3. The molecule has 1 aromatic carbocycles. The van der Waals surface area contributed by atoms with Gasteiger partial charge in [-0.1, -0.05) is 24.3 Å². The van der Waals surface area contributed by atoms with Crippen LogP contribution < -0.4 is 15.5 Å². The van der Waals surface area contributed by atoms with Crippen LogP contribution in [0, 0.1) is 5.92 Å². The van der Waals surface area contributed by atoms with E-state index >= 15 is 0 Å². The molecule has 4 nitrogen and oxygen atoms in total. The lowest BCUT2D eigenvalue weighted by molar-refractivity contribution is -0.183. The van der Waals surface area contributed by atoms with Gasteiger partial charge in [-0.25, -0.2) is 0 Å². The smallest absolute Gasteiger partial charge is 0.362 e. The SMILES string of the molecule is FC(F)(F)[C@H]1CCN[C@@H](c2ccccc2CN2CNCc3[nH]ccc32)C1. The van der Waals surface area contributed by atoms with Gasteiger partial charge in [-0.05, 0) is 36.6 Å². The van der Waals surface area contributed by atoms with Gasteiger partial charge in [0.2, 0.25) is 0 Å². The Morgan fingerprint density at radius 1 is 1.15 bits per heavy atom. The Balaban J connectivity index is 1.56. The first-order valence-corrected chi connectivity index (χ1v) is 9.02. The highest BCUT2D eigenvalue weighted by atomic mass is 19.4. The minimum Gasteiger partial charge on any atom is -0.362 e. The van der Waals surface area contributed by atoms with Gasteiger partial charge in [-0.2, -0.15) is 13.2 Å². The molecule has 0 saturated carbocycles. The van der Waals surface area contributed by atoms with E-state index in [0.717, 1.165) is 35.7 Å². The van der Waals surface area contributed by atoms with E-state index in [-0.39, 0.29) is 18.9 Å². The van der Waals surface area contributed by atoms with Gasteiger partial charge in [0.15, 0.2) is 0 Å². The van der Waals surface area contributed by atoms with E-state index < -0.39 is 12.1 Å². The maximum absolute atomic E-state index is 13.2. The molecule has 3 N–H and O–H groups in total. The van der Waals surface area contributed by atoms with Gasteiger partial charge in [0, 0.05) is 25.3 Å². The van der Waals surface area contributed by atoms with Crippen molar-refractivity contribution in [1.29, 1.82) is 0 Å². The highest BCUT2D eigenvalue weighted by Gasteiger charge is 2.42. The van der Waals surface area contributed by atoms with Crippen molar-refractivity contribution in [3.05, 3.63) is 53.3 Å². The molecule has 0 bridgehead atoms. The van der Waals surface area contributed by atoms with Gasteiger partial charge in [0.05, 0.1) is 24.0 Å². The first kappa shape index (κ1) is 17.4. The fraction of sp³-hybridized carbons (Fsp3) is 0.474. The normalized spacial score (nSPS) is 23.7. The van der Waals surface area contributed by atoms with Gasteiger partial charge >= 0.3 is 6.18 Å². The zero-order valence-corrected chi connectivity index (χ0v) is 14.4. The zero-order chi connectivity index (χ0) is 18.1. The molecule has 3 heterocycles. The summed E-state index contributed by atoms with van der Waals surface area (Å²) < 4.78 is 39.6. The van der Waals surface area contributed by atoms with Gasteiger partial charge in [0.25, 0.3) is 0 Å². The second kappa shape index (κ2) is 6.96. The minimum atomic E-state index is -4.12. The molecule has 2 aromatic rings. The molecular weight excluding hydrogens is 341 g/mol. The molecular formula is C19H23F3N4.